The zero-order chi connectivity index (χ0) is 62.5. The van der Waals surface area contributed by atoms with E-state index in [1.807, 2.05) is 60.7 Å². The number of esters is 2. The lowest BCUT2D eigenvalue weighted by atomic mass is 9.83. The molecule has 6 N–H and O–H groups in total. The summed E-state index contributed by atoms with van der Waals surface area (Å²) in [4.78, 5) is 78.9. The third-order valence-electron chi connectivity index (χ3n) is 16.1. The predicted octanol–water partition coefficient (Wildman–Crippen LogP) is 7.88. The van der Waals surface area contributed by atoms with Crippen LogP contribution in [0.3, 0.4) is 0 Å². The molecule has 88 heavy (non-hydrogen) atoms. The summed E-state index contributed by atoms with van der Waals surface area (Å²) in [6, 6.07) is 26.3. The van der Waals surface area contributed by atoms with E-state index in [-0.39, 0.29) is 85.1 Å². The summed E-state index contributed by atoms with van der Waals surface area (Å²) in [5, 5.41) is 30.6. The van der Waals surface area contributed by atoms with E-state index in [1.54, 1.807) is 17.0 Å². The summed E-state index contributed by atoms with van der Waals surface area (Å²) in [6.07, 6.45) is 11.6. The Hall–Kier alpha value is -7.01. The van der Waals surface area contributed by atoms with Gasteiger partial charge in [-0.2, -0.15) is 0 Å². The van der Waals surface area contributed by atoms with Crippen LogP contribution in [0.15, 0.2) is 97.1 Å². The zero-order valence-corrected chi connectivity index (χ0v) is 52.1. The number of nitrogens with zero attached hydrogens (tertiary/aromatic N) is 2. The number of carbonyl (C=O) groups is 6. The molecule has 6 atom stereocenters. The molecule has 3 amide bonds. The maximum Gasteiger partial charge on any atom is 0.328 e. The van der Waals surface area contributed by atoms with Crippen LogP contribution in [0.4, 0.5) is 0 Å². The monoisotopic (exact) mass is 1250 g/mol. The number of benzene rings is 4. The fourth-order valence-corrected chi connectivity index (χ4v) is 11.6. The normalized spacial score (nSPS) is 19.1. The van der Waals surface area contributed by atoms with Crippen molar-refractivity contribution >= 4 is 48.0 Å². The SMILES string of the molecule is COC(=O)[C@@H]1C[C@@H](OCCCOCc2ccccc2)CN1C(=O)[C@@H](N)C1CCCCC1.COC(=O)[C@@H]1C[C@@H](OCCCOCc2ccccc2)CN1C(=O)[C@@H](NC(=O)Cc1cc(O)cc(OC)c1)C1CCCCC1.COc1cc(O)cc(CC(=O)O)c1.Cl. The van der Waals surface area contributed by atoms with Gasteiger partial charge in [-0.1, -0.05) is 99.2 Å². The van der Waals surface area contributed by atoms with E-state index in [9.17, 15) is 33.9 Å². The lowest BCUT2D eigenvalue weighted by molar-refractivity contribution is -0.152. The fourth-order valence-electron chi connectivity index (χ4n) is 11.6. The van der Waals surface area contributed by atoms with Crippen LogP contribution >= 0.6 is 12.4 Å². The number of methoxy groups -OCH3 is 4. The van der Waals surface area contributed by atoms with Crippen molar-refractivity contribution in [1.82, 2.24) is 15.1 Å². The van der Waals surface area contributed by atoms with Crippen LogP contribution < -0.4 is 20.5 Å². The lowest BCUT2D eigenvalue weighted by Crippen LogP contribution is -2.55. The van der Waals surface area contributed by atoms with Gasteiger partial charge >= 0.3 is 17.9 Å². The van der Waals surface area contributed by atoms with Gasteiger partial charge in [-0.25, -0.2) is 9.59 Å². The number of aromatic hydroxyl groups is 2. The summed E-state index contributed by atoms with van der Waals surface area (Å²) < 4.78 is 43.5. The Morgan fingerprint density at radius 3 is 1.42 bits per heavy atom. The highest BCUT2D eigenvalue weighted by Gasteiger charge is 2.46. The van der Waals surface area contributed by atoms with Crippen molar-refractivity contribution in [3.63, 3.8) is 0 Å². The number of nitrogens with two attached hydrogens (primary N) is 1. The van der Waals surface area contributed by atoms with Crippen LogP contribution in [-0.2, 0) is 83.2 Å². The molecule has 2 aliphatic carbocycles. The van der Waals surface area contributed by atoms with Crippen LogP contribution in [0.25, 0.3) is 0 Å². The van der Waals surface area contributed by atoms with E-state index in [0.717, 1.165) is 75.3 Å². The molecule has 0 radical (unpaired) electrons. The summed E-state index contributed by atoms with van der Waals surface area (Å²) in [6.45, 7) is 3.81. The Labute approximate surface area is 523 Å². The number of carbonyl (C=O) groups excluding carboxylic acids is 5. The van der Waals surface area contributed by atoms with Gasteiger partial charge in [-0.05, 0) is 96.9 Å². The largest absolute Gasteiger partial charge is 0.508 e. The van der Waals surface area contributed by atoms with Crippen LogP contribution in [0, 0.1) is 11.8 Å². The highest BCUT2D eigenvalue weighted by atomic mass is 35.5. The van der Waals surface area contributed by atoms with Gasteiger partial charge in [-0.15, -0.1) is 12.4 Å². The van der Waals surface area contributed by atoms with Crippen molar-refractivity contribution in [2.45, 2.75) is 152 Å². The molecular formula is C66H91ClN4O17. The summed E-state index contributed by atoms with van der Waals surface area (Å²) in [5.74, 6) is -1.56. The quantitative estimate of drug-likeness (QED) is 0.0280. The topological polar surface area (TPSA) is 281 Å². The van der Waals surface area contributed by atoms with Crippen LogP contribution in [0.1, 0.15) is 112 Å². The summed E-state index contributed by atoms with van der Waals surface area (Å²) in [5.41, 5.74) is 9.66. The number of phenols is 2. The number of halogens is 1. The third-order valence-corrected chi connectivity index (χ3v) is 16.1. The Balaban J connectivity index is 0.000000272. The summed E-state index contributed by atoms with van der Waals surface area (Å²) >= 11 is 0. The second kappa shape index (κ2) is 38.4. The second-order valence-corrected chi connectivity index (χ2v) is 22.5. The van der Waals surface area contributed by atoms with Gasteiger partial charge in [0, 0.05) is 64.5 Å². The van der Waals surface area contributed by atoms with Gasteiger partial charge in [0.15, 0.2) is 0 Å². The molecule has 4 aromatic carbocycles. The first-order chi connectivity index (χ1) is 42.1. The number of carboxylic acids is 1. The number of amides is 3. The molecule has 22 heteroatoms. The van der Waals surface area contributed by atoms with Gasteiger partial charge in [-0.3, -0.25) is 19.2 Å². The molecule has 2 saturated heterocycles. The van der Waals surface area contributed by atoms with Crippen molar-refractivity contribution in [2.24, 2.45) is 17.6 Å². The number of hydrogen-bond acceptors (Lipinski definition) is 17. The number of hydrogen-bond donors (Lipinski definition) is 5. The molecule has 0 aromatic heterocycles. The van der Waals surface area contributed by atoms with E-state index in [2.05, 4.69) is 5.32 Å². The van der Waals surface area contributed by atoms with Crippen molar-refractivity contribution < 1.29 is 82.0 Å². The molecule has 8 rings (SSSR count). The molecule has 21 nitrogen and oxygen atoms in total. The maximum atomic E-state index is 14.1. The first-order valence-electron chi connectivity index (χ1n) is 30.3. The molecule has 2 heterocycles. The minimum absolute atomic E-state index is 0. The predicted molar refractivity (Wildman–Crippen MR) is 330 cm³/mol. The Morgan fingerprint density at radius 2 is 0.989 bits per heavy atom. The highest BCUT2D eigenvalue weighted by molar-refractivity contribution is 5.92. The number of nitrogens with one attached hydrogen (secondary N) is 1. The standard InChI is InChI=1S/C33H44N2O8.C24H36N2O5.C9H10O4.ClH/c1-40-27-17-24(16-26(36)19-27)18-30(37)34-31(25-12-7-4-8-13-25)32(38)35-21-28(20-29(35)33(39)41-2)43-15-9-14-42-22-23-10-5-3-6-11-23;1-29-24(28)21-15-20(31-14-8-13-30-17-18-9-4-2-5-10-18)16-26(21)23(27)22(25)19-11-6-3-7-12-19;1-13-8-3-6(4-9(11)12)2-7(10)5-8;/h3,5-6,10-11,16-17,19,25,28-29,31,36H,4,7-9,12-15,18,20-22H2,1-2H3,(H,34,37);2,4-5,9-10,19-22H,3,6-8,11-17,25H2,1H3;2-3,5,10H,4H2,1H3,(H,11,12);1H/t28-,29+,31+;20-,21+,22+;;/m11../s1. The van der Waals surface area contributed by atoms with Crippen LogP contribution in [0.5, 0.6) is 23.0 Å². The van der Waals surface area contributed by atoms with Crippen LogP contribution in [-0.4, -0.2) is 165 Å². The molecule has 4 aromatic rings. The van der Waals surface area contributed by atoms with Gasteiger partial charge in [0.1, 0.15) is 41.1 Å². The minimum Gasteiger partial charge on any atom is -0.508 e. The van der Waals surface area contributed by atoms with E-state index >= 15 is 0 Å². The van der Waals surface area contributed by atoms with E-state index in [4.69, 9.17) is 53.8 Å². The first-order valence-corrected chi connectivity index (χ1v) is 30.3. The van der Waals surface area contributed by atoms with Crippen LogP contribution in [0.2, 0.25) is 0 Å². The third kappa shape index (κ3) is 23.5. The van der Waals surface area contributed by atoms with Gasteiger partial charge in [0.25, 0.3) is 0 Å². The maximum absolute atomic E-state index is 14.1. The Kier molecular flexibility index (Phi) is 31.3. The number of carboxylic acid groups (broad SMARTS) is 1. The molecule has 0 unspecified atom stereocenters. The van der Waals surface area contributed by atoms with E-state index < -0.39 is 42.1 Å². The average molecular weight is 1250 g/mol. The fraction of sp³-hybridized carbons (Fsp3) is 0.545. The number of aliphatic carboxylic acids is 1. The van der Waals surface area contributed by atoms with Crippen molar-refractivity contribution in [3.8, 4) is 23.0 Å². The number of likely N-dealkylation sites (tertiary alicyclic amines) is 2. The molecule has 4 fully saturated rings. The zero-order valence-electron chi connectivity index (χ0n) is 51.3. The molecule has 0 spiro atoms. The minimum atomic E-state index is -0.937. The molecular weight excluding hydrogens is 1160 g/mol. The molecule has 2 saturated carbocycles. The van der Waals surface area contributed by atoms with Crippen molar-refractivity contribution in [1.29, 1.82) is 0 Å². The molecule has 4 aliphatic rings. The number of phenolic OH excluding ortho intramolecular Hbond substituents is 2. The number of rotatable bonds is 27. The smallest absolute Gasteiger partial charge is 0.328 e. The molecule has 2 aliphatic heterocycles. The highest BCUT2D eigenvalue weighted by Crippen LogP contribution is 2.32. The molecule has 0 bridgehead atoms. The van der Waals surface area contributed by atoms with Crippen molar-refractivity contribution in [3.05, 3.63) is 119 Å². The average Bonchev–Trinajstić information content (AvgIpc) is 2.45. The van der Waals surface area contributed by atoms with Gasteiger partial charge in [0.2, 0.25) is 17.7 Å². The Morgan fingerprint density at radius 1 is 0.557 bits per heavy atom. The second-order valence-electron chi connectivity index (χ2n) is 22.5. The lowest BCUT2D eigenvalue weighted by Gasteiger charge is -2.34. The van der Waals surface area contributed by atoms with E-state index in [0.29, 0.717) is 88.1 Å². The van der Waals surface area contributed by atoms with E-state index in [1.165, 1.54) is 64.0 Å². The van der Waals surface area contributed by atoms with Gasteiger partial charge in [0.05, 0.1) is 72.7 Å². The Bertz CT molecular complexity index is 2770. The number of ether oxygens (including phenoxy) is 8. The summed E-state index contributed by atoms with van der Waals surface area (Å²) in [7, 11) is 5.61. The molecule has 484 valence electrons. The van der Waals surface area contributed by atoms with Gasteiger partial charge < -0.3 is 74.1 Å². The van der Waals surface area contributed by atoms with Crippen molar-refractivity contribution in [2.75, 3.05) is 68.0 Å². The first kappa shape index (κ1) is 71.7.